The van der Waals surface area contributed by atoms with Gasteiger partial charge in [-0.05, 0) is 11.4 Å². The summed E-state index contributed by atoms with van der Waals surface area (Å²) in [5, 5.41) is 24.6. The number of aliphatic hydroxyl groups is 2. The standard InChI is InChI=1S/C15H16N5O9PS.2Na/c21-9-6(4-28-30(25,26)27)29-14(10(9)22)20-5-16-8-11(18-15(24)19-12(8)20)17-13(23)7-2-1-3-31-7;;/h1-3,5-6,9-10,14,21-22H,4H2,(H2,25,26,27)(H2,17,18,19,23,24);;/q;2*+1/p-2/t6-,9-,10-,14-;;/m1../s1. The molecule has 1 aliphatic rings. The molecule has 0 saturated carbocycles. The van der Waals surface area contributed by atoms with E-state index in [2.05, 4.69) is 24.8 Å². The van der Waals surface area contributed by atoms with Crippen LogP contribution in [-0.2, 0) is 13.8 Å². The monoisotopic (exact) mass is 517 g/mol. The molecule has 4 N–H and O–H groups in total. The molecule has 4 heterocycles. The number of nitrogens with zero attached hydrogens (tertiary/aromatic N) is 3. The van der Waals surface area contributed by atoms with Gasteiger partial charge in [0.15, 0.2) is 11.9 Å². The van der Waals surface area contributed by atoms with Crippen LogP contribution in [0.5, 0.6) is 0 Å². The predicted octanol–water partition coefficient (Wildman–Crippen LogP) is -8.09. The Hall–Kier alpha value is -0.490. The molecule has 1 amide bonds. The number of imidazole rings is 1. The number of thiophene rings is 1. The molecular weight excluding hydrogens is 503 g/mol. The Labute approximate surface area is 233 Å². The summed E-state index contributed by atoms with van der Waals surface area (Å²) in [7, 11) is -5.32. The van der Waals surface area contributed by atoms with Gasteiger partial charge in [-0.1, -0.05) is 6.07 Å². The first-order valence-corrected chi connectivity index (χ1v) is 11.0. The summed E-state index contributed by atoms with van der Waals surface area (Å²) in [6.45, 7) is -0.818. The Balaban J connectivity index is 0.00000193. The summed E-state index contributed by atoms with van der Waals surface area (Å²) in [6, 6.07) is 3.27. The van der Waals surface area contributed by atoms with Crippen LogP contribution >= 0.6 is 19.2 Å². The Morgan fingerprint density at radius 1 is 1.36 bits per heavy atom. The molecule has 3 aromatic rings. The molecule has 1 aliphatic heterocycles. The molecule has 0 unspecified atom stereocenters. The third kappa shape index (κ3) is 6.39. The maximum atomic E-state index is 12.3. The number of phosphoric acid groups is 1. The van der Waals surface area contributed by atoms with E-state index in [1.165, 1.54) is 11.3 Å². The first-order valence-electron chi connectivity index (χ1n) is 8.64. The number of hydrogen-bond donors (Lipinski definition) is 4. The van der Waals surface area contributed by atoms with E-state index in [9.17, 15) is 34.2 Å². The number of phosphoric ester groups is 1. The molecule has 0 spiro atoms. The van der Waals surface area contributed by atoms with E-state index in [1.54, 1.807) is 17.5 Å². The third-order valence-corrected chi connectivity index (χ3v) is 5.77. The Morgan fingerprint density at radius 2 is 2.09 bits per heavy atom. The molecule has 1 saturated heterocycles. The molecule has 3 aromatic heterocycles. The fourth-order valence-electron chi connectivity index (χ4n) is 3.05. The van der Waals surface area contributed by atoms with Crippen molar-refractivity contribution in [1.29, 1.82) is 0 Å². The van der Waals surface area contributed by atoms with E-state index in [1.807, 2.05) is 0 Å². The molecule has 0 aromatic carbocycles. The van der Waals surface area contributed by atoms with Crippen molar-refractivity contribution in [1.82, 2.24) is 19.5 Å². The summed E-state index contributed by atoms with van der Waals surface area (Å²) in [4.78, 5) is 56.3. The second-order valence-electron chi connectivity index (χ2n) is 6.46. The largest absolute Gasteiger partial charge is 1.00 e. The van der Waals surface area contributed by atoms with Crippen molar-refractivity contribution in [3.8, 4) is 0 Å². The third-order valence-electron chi connectivity index (χ3n) is 4.44. The second kappa shape index (κ2) is 11.5. The minimum Gasteiger partial charge on any atom is -0.790 e. The molecule has 0 bridgehead atoms. The summed E-state index contributed by atoms with van der Waals surface area (Å²) >= 11 is 1.19. The molecule has 4 rings (SSSR count). The number of H-pyrrole nitrogens is 1. The van der Waals surface area contributed by atoms with Crippen LogP contribution < -0.4 is 79.9 Å². The summed E-state index contributed by atoms with van der Waals surface area (Å²) in [5.41, 5.74) is -0.846. The van der Waals surface area contributed by atoms with Crippen molar-refractivity contribution in [2.75, 3.05) is 11.9 Å². The van der Waals surface area contributed by atoms with Gasteiger partial charge in [0, 0.05) is 0 Å². The van der Waals surface area contributed by atoms with E-state index in [4.69, 9.17) is 4.74 Å². The van der Waals surface area contributed by atoms with Gasteiger partial charge in [0.25, 0.3) is 5.91 Å². The number of anilines is 1. The fraction of sp³-hybridized carbons (Fsp3) is 0.333. The zero-order valence-corrected chi connectivity index (χ0v) is 23.0. The van der Waals surface area contributed by atoms with E-state index in [0.29, 0.717) is 4.88 Å². The van der Waals surface area contributed by atoms with Crippen molar-refractivity contribution in [3.05, 3.63) is 39.2 Å². The van der Waals surface area contributed by atoms with Crippen LogP contribution in [0, 0.1) is 0 Å². The normalized spacial score (nSPS) is 22.5. The molecule has 166 valence electrons. The van der Waals surface area contributed by atoms with Crippen LogP contribution in [0.1, 0.15) is 15.9 Å². The molecule has 0 aliphatic carbocycles. The first-order chi connectivity index (χ1) is 14.6. The van der Waals surface area contributed by atoms with Crippen LogP contribution in [-0.4, -0.2) is 60.6 Å². The maximum Gasteiger partial charge on any atom is 1.00 e. The second-order valence-corrected chi connectivity index (χ2v) is 8.56. The minimum absolute atomic E-state index is 0. The Kier molecular flexibility index (Phi) is 10.0. The van der Waals surface area contributed by atoms with E-state index >= 15 is 0 Å². The Morgan fingerprint density at radius 3 is 2.73 bits per heavy atom. The van der Waals surface area contributed by atoms with Gasteiger partial charge in [-0.25, -0.2) is 9.78 Å². The van der Waals surface area contributed by atoms with Gasteiger partial charge >= 0.3 is 64.8 Å². The number of fused-ring (bicyclic) bond motifs is 1. The van der Waals surface area contributed by atoms with E-state index in [0.717, 1.165) is 10.9 Å². The van der Waals surface area contributed by atoms with Gasteiger partial charge in [0.05, 0.1) is 25.6 Å². The number of aromatic amines is 1. The van der Waals surface area contributed by atoms with Crippen LogP contribution in [0.3, 0.4) is 0 Å². The number of ether oxygens (including phenoxy) is 1. The molecule has 0 radical (unpaired) electrons. The van der Waals surface area contributed by atoms with Crippen molar-refractivity contribution in [3.63, 3.8) is 0 Å². The SMILES string of the molecule is O=C(Nc1[nH]c(=O)nc2c1ncn2[C@@H]1O[C@H](COP(=O)([O-])[O-])[C@@H](O)[C@H]1O)c1cccs1.[Na+].[Na+]. The van der Waals surface area contributed by atoms with Gasteiger partial charge in [-0.15, -0.1) is 11.3 Å². The summed E-state index contributed by atoms with van der Waals surface area (Å²) in [6.07, 6.45) is -4.72. The molecule has 33 heavy (non-hydrogen) atoms. The van der Waals surface area contributed by atoms with Crippen LogP contribution in [0.15, 0.2) is 28.6 Å². The van der Waals surface area contributed by atoms with Crippen LogP contribution in [0.2, 0.25) is 0 Å². The van der Waals surface area contributed by atoms with Crippen molar-refractivity contribution < 1.29 is 97.7 Å². The average Bonchev–Trinajstić information content (AvgIpc) is 3.41. The van der Waals surface area contributed by atoms with Crippen LogP contribution in [0.25, 0.3) is 11.2 Å². The fourth-order valence-corrected chi connectivity index (χ4v) is 4.00. The predicted molar refractivity (Wildman–Crippen MR) is 99.9 cm³/mol. The quantitative estimate of drug-likeness (QED) is 0.178. The van der Waals surface area contributed by atoms with E-state index < -0.39 is 50.6 Å². The zero-order chi connectivity index (χ0) is 22.3. The number of aliphatic hydroxyl groups excluding tert-OH is 2. The number of rotatable bonds is 6. The zero-order valence-electron chi connectivity index (χ0n) is 17.3. The molecule has 18 heteroatoms. The number of carbonyl (C=O) groups excluding carboxylic acids is 1. The average molecular weight is 517 g/mol. The van der Waals surface area contributed by atoms with Crippen molar-refractivity contribution in [2.45, 2.75) is 24.5 Å². The van der Waals surface area contributed by atoms with Gasteiger partial charge in [-0.2, -0.15) is 4.98 Å². The van der Waals surface area contributed by atoms with Crippen molar-refractivity contribution >= 4 is 42.0 Å². The Bertz CT molecular complexity index is 1220. The molecule has 14 nitrogen and oxygen atoms in total. The smallest absolute Gasteiger partial charge is 0.790 e. The van der Waals surface area contributed by atoms with Crippen molar-refractivity contribution in [2.24, 2.45) is 0 Å². The summed E-state index contributed by atoms with van der Waals surface area (Å²) < 4.78 is 21.3. The minimum atomic E-state index is -5.32. The van der Waals surface area contributed by atoms with Gasteiger partial charge < -0.3 is 39.1 Å². The number of hydrogen-bond acceptors (Lipinski definition) is 12. The number of aromatic nitrogens is 4. The topological polar surface area (TPSA) is 215 Å². The number of nitrogens with one attached hydrogen (secondary N) is 2. The maximum absolute atomic E-state index is 12.3. The van der Waals surface area contributed by atoms with Gasteiger partial charge in [0.1, 0.15) is 29.6 Å². The van der Waals surface area contributed by atoms with Gasteiger partial charge in [0.2, 0.25) is 0 Å². The van der Waals surface area contributed by atoms with Gasteiger partial charge in [-0.3, -0.25) is 14.3 Å². The molecule has 1 fully saturated rings. The number of amides is 1. The molecular formula is C15H14N5Na2O9PS. The number of carbonyl (C=O) groups is 1. The van der Waals surface area contributed by atoms with Crippen LogP contribution in [0.4, 0.5) is 5.82 Å². The molecule has 4 atom stereocenters. The first kappa shape index (κ1) is 28.7. The van der Waals surface area contributed by atoms with E-state index in [-0.39, 0.29) is 76.1 Å². The summed E-state index contributed by atoms with van der Waals surface area (Å²) in [5.74, 6) is -0.532.